The second-order valence-corrected chi connectivity index (χ2v) is 4.42. The Balaban J connectivity index is 2.08. The van der Waals surface area contributed by atoms with E-state index in [1.165, 1.54) is 32.1 Å². The summed E-state index contributed by atoms with van der Waals surface area (Å²) < 4.78 is 0. The molecule has 0 N–H and O–H groups in total. The zero-order chi connectivity index (χ0) is 10.7. The van der Waals surface area contributed by atoms with E-state index in [9.17, 15) is 0 Å². The van der Waals surface area contributed by atoms with E-state index in [4.69, 9.17) is 11.6 Å². The SMILES string of the molecule is CN(c1ccnc(Cl)n1)C1CCCCC1. The standard InChI is InChI=1S/C11H16ClN3/c1-15(9-5-3-2-4-6-9)10-7-8-13-11(12)14-10/h7-9H,2-6H2,1H3. The number of aromatic nitrogens is 2. The minimum atomic E-state index is 0.329. The van der Waals surface area contributed by atoms with Gasteiger partial charge in [-0.05, 0) is 30.5 Å². The minimum Gasteiger partial charge on any atom is -0.357 e. The van der Waals surface area contributed by atoms with E-state index < -0.39 is 0 Å². The van der Waals surface area contributed by atoms with Crippen LogP contribution in [0.25, 0.3) is 0 Å². The fraction of sp³-hybridized carbons (Fsp3) is 0.636. The fourth-order valence-electron chi connectivity index (χ4n) is 2.18. The molecule has 15 heavy (non-hydrogen) atoms. The van der Waals surface area contributed by atoms with Crippen LogP contribution in [0.5, 0.6) is 0 Å². The van der Waals surface area contributed by atoms with Gasteiger partial charge in [0, 0.05) is 19.3 Å². The predicted molar refractivity (Wildman–Crippen MR) is 62.3 cm³/mol. The van der Waals surface area contributed by atoms with Crippen molar-refractivity contribution < 1.29 is 0 Å². The lowest BCUT2D eigenvalue weighted by atomic mass is 9.94. The Bertz CT molecular complexity index is 323. The molecule has 1 aromatic heterocycles. The summed E-state index contributed by atoms with van der Waals surface area (Å²) in [5, 5.41) is 0.329. The molecule has 1 heterocycles. The smallest absolute Gasteiger partial charge is 0.224 e. The topological polar surface area (TPSA) is 29.0 Å². The molecule has 1 aliphatic carbocycles. The lowest BCUT2D eigenvalue weighted by Crippen LogP contribution is -2.33. The van der Waals surface area contributed by atoms with Gasteiger partial charge in [-0.25, -0.2) is 9.97 Å². The zero-order valence-electron chi connectivity index (χ0n) is 8.99. The number of rotatable bonds is 2. The monoisotopic (exact) mass is 225 g/mol. The quantitative estimate of drug-likeness (QED) is 0.725. The molecule has 1 aromatic rings. The molecule has 1 fully saturated rings. The van der Waals surface area contributed by atoms with Crippen LogP contribution in [-0.2, 0) is 0 Å². The molecule has 0 spiro atoms. The molecular formula is C11H16ClN3. The maximum Gasteiger partial charge on any atom is 0.224 e. The van der Waals surface area contributed by atoms with Crippen LogP contribution in [0.2, 0.25) is 5.28 Å². The van der Waals surface area contributed by atoms with Crippen LogP contribution >= 0.6 is 11.6 Å². The summed E-state index contributed by atoms with van der Waals surface area (Å²) in [6.07, 6.45) is 8.26. The van der Waals surface area contributed by atoms with E-state index in [-0.39, 0.29) is 0 Å². The highest BCUT2D eigenvalue weighted by atomic mass is 35.5. The molecule has 3 nitrogen and oxygen atoms in total. The lowest BCUT2D eigenvalue weighted by Gasteiger charge is -2.31. The van der Waals surface area contributed by atoms with Gasteiger partial charge in [0.15, 0.2) is 0 Å². The maximum atomic E-state index is 5.78. The van der Waals surface area contributed by atoms with Crippen molar-refractivity contribution in [1.29, 1.82) is 0 Å². The second-order valence-electron chi connectivity index (χ2n) is 4.09. The van der Waals surface area contributed by atoms with E-state index >= 15 is 0 Å². The molecule has 0 atom stereocenters. The van der Waals surface area contributed by atoms with Crippen LogP contribution in [0, 0.1) is 0 Å². The van der Waals surface area contributed by atoms with Crippen LogP contribution < -0.4 is 4.90 Å². The number of hydrogen-bond acceptors (Lipinski definition) is 3. The summed E-state index contributed by atoms with van der Waals surface area (Å²) in [5.74, 6) is 0.932. The summed E-state index contributed by atoms with van der Waals surface area (Å²) in [4.78, 5) is 10.4. The summed E-state index contributed by atoms with van der Waals surface area (Å²) in [5.41, 5.74) is 0. The summed E-state index contributed by atoms with van der Waals surface area (Å²) in [6.45, 7) is 0. The van der Waals surface area contributed by atoms with Gasteiger partial charge < -0.3 is 4.90 Å². The first kappa shape index (κ1) is 10.7. The van der Waals surface area contributed by atoms with Crippen LogP contribution in [0.15, 0.2) is 12.3 Å². The van der Waals surface area contributed by atoms with Gasteiger partial charge in [0.05, 0.1) is 0 Å². The second kappa shape index (κ2) is 4.79. The van der Waals surface area contributed by atoms with Crippen molar-refractivity contribution >= 4 is 17.4 Å². The first-order valence-electron chi connectivity index (χ1n) is 5.49. The number of halogens is 1. The Hall–Kier alpha value is -0.830. The van der Waals surface area contributed by atoms with Crippen molar-refractivity contribution in [2.24, 2.45) is 0 Å². The van der Waals surface area contributed by atoms with Gasteiger partial charge in [-0.15, -0.1) is 0 Å². The zero-order valence-corrected chi connectivity index (χ0v) is 9.74. The van der Waals surface area contributed by atoms with E-state index in [1.54, 1.807) is 6.20 Å². The minimum absolute atomic E-state index is 0.329. The molecular weight excluding hydrogens is 210 g/mol. The molecule has 0 saturated heterocycles. The maximum absolute atomic E-state index is 5.78. The number of hydrogen-bond donors (Lipinski definition) is 0. The molecule has 1 saturated carbocycles. The van der Waals surface area contributed by atoms with Crippen molar-refractivity contribution in [3.63, 3.8) is 0 Å². The normalized spacial score (nSPS) is 17.7. The highest BCUT2D eigenvalue weighted by Crippen LogP contribution is 2.24. The molecule has 0 aliphatic heterocycles. The first-order valence-corrected chi connectivity index (χ1v) is 5.86. The van der Waals surface area contributed by atoms with Gasteiger partial charge in [-0.3, -0.25) is 0 Å². The Kier molecular flexibility index (Phi) is 3.41. The number of anilines is 1. The van der Waals surface area contributed by atoms with Gasteiger partial charge in [0.2, 0.25) is 5.28 Å². The van der Waals surface area contributed by atoms with Crippen LogP contribution in [0.4, 0.5) is 5.82 Å². The van der Waals surface area contributed by atoms with Crippen LogP contribution in [0.3, 0.4) is 0 Å². The Morgan fingerprint density at radius 1 is 1.33 bits per heavy atom. The van der Waals surface area contributed by atoms with Crippen molar-refractivity contribution in [3.8, 4) is 0 Å². The van der Waals surface area contributed by atoms with Crippen molar-refractivity contribution in [2.45, 2.75) is 38.1 Å². The van der Waals surface area contributed by atoms with Crippen molar-refractivity contribution in [3.05, 3.63) is 17.5 Å². The first-order chi connectivity index (χ1) is 7.27. The third-order valence-corrected chi connectivity index (χ3v) is 3.28. The highest BCUT2D eigenvalue weighted by Gasteiger charge is 2.19. The van der Waals surface area contributed by atoms with Crippen molar-refractivity contribution in [1.82, 2.24) is 9.97 Å². The van der Waals surface area contributed by atoms with Crippen molar-refractivity contribution in [2.75, 3.05) is 11.9 Å². The largest absolute Gasteiger partial charge is 0.357 e. The molecule has 0 radical (unpaired) electrons. The average Bonchev–Trinajstić information content (AvgIpc) is 2.29. The molecule has 0 bridgehead atoms. The van der Waals surface area contributed by atoms with Gasteiger partial charge in [0.1, 0.15) is 5.82 Å². The molecule has 1 aliphatic rings. The van der Waals surface area contributed by atoms with E-state index in [0.29, 0.717) is 11.3 Å². The fourth-order valence-corrected chi connectivity index (χ4v) is 2.32. The Morgan fingerprint density at radius 2 is 2.07 bits per heavy atom. The lowest BCUT2D eigenvalue weighted by molar-refractivity contribution is 0.426. The Morgan fingerprint density at radius 3 is 2.73 bits per heavy atom. The van der Waals surface area contributed by atoms with Crippen LogP contribution in [0.1, 0.15) is 32.1 Å². The molecule has 2 rings (SSSR count). The predicted octanol–water partition coefficient (Wildman–Crippen LogP) is 2.90. The summed E-state index contributed by atoms with van der Waals surface area (Å²) in [7, 11) is 2.09. The third kappa shape index (κ3) is 2.59. The Labute approximate surface area is 95.5 Å². The summed E-state index contributed by atoms with van der Waals surface area (Å²) >= 11 is 5.78. The van der Waals surface area contributed by atoms with Crippen LogP contribution in [-0.4, -0.2) is 23.1 Å². The van der Waals surface area contributed by atoms with E-state index in [0.717, 1.165) is 5.82 Å². The summed E-state index contributed by atoms with van der Waals surface area (Å²) in [6, 6.07) is 2.53. The molecule has 0 aromatic carbocycles. The van der Waals surface area contributed by atoms with Gasteiger partial charge in [0.25, 0.3) is 0 Å². The van der Waals surface area contributed by atoms with Gasteiger partial charge >= 0.3 is 0 Å². The van der Waals surface area contributed by atoms with Gasteiger partial charge in [-0.2, -0.15) is 0 Å². The van der Waals surface area contributed by atoms with E-state index in [1.807, 2.05) is 6.07 Å². The van der Waals surface area contributed by atoms with E-state index in [2.05, 4.69) is 21.9 Å². The highest BCUT2D eigenvalue weighted by molar-refractivity contribution is 6.28. The van der Waals surface area contributed by atoms with Gasteiger partial charge in [-0.1, -0.05) is 19.3 Å². The molecule has 0 amide bonds. The molecule has 82 valence electrons. The molecule has 4 heteroatoms. The average molecular weight is 226 g/mol. The molecule has 0 unspecified atom stereocenters. The third-order valence-electron chi connectivity index (χ3n) is 3.10. The number of nitrogens with zero attached hydrogens (tertiary/aromatic N) is 3.